The lowest BCUT2D eigenvalue weighted by molar-refractivity contribution is 0.0813. The number of ether oxygens (including phenoxy) is 1. The van der Waals surface area contributed by atoms with E-state index in [2.05, 4.69) is 15.5 Å². The fourth-order valence-corrected chi connectivity index (χ4v) is 4.47. The number of nitrogens with one attached hydrogen (secondary N) is 2. The lowest BCUT2D eigenvalue weighted by Gasteiger charge is -2.29. The van der Waals surface area contributed by atoms with Crippen molar-refractivity contribution < 1.29 is 13.5 Å². The first-order chi connectivity index (χ1) is 15.6. The number of rotatable bonds is 3. The topological polar surface area (TPSA) is 91.4 Å². The molecule has 3 aliphatic heterocycles. The number of hydrogen-bond donors (Lipinski definition) is 2. The van der Waals surface area contributed by atoms with E-state index >= 15 is 0 Å². The number of amidine groups is 1. The van der Waals surface area contributed by atoms with Gasteiger partial charge in [0.15, 0.2) is 11.6 Å². The van der Waals surface area contributed by atoms with Gasteiger partial charge in [0.2, 0.25) is 0 Å². The fraction of sp³-hybridized carbons (Fsp3) is 0.364. The van der Waals surface area contributed by atoms with E-state index in [1.54, 1.807) is 19.2 Å². The quantitative estimate of drug-likeness (QED) is 0.718. The second-order valence-electron chi connectivity index (χ2n) is 7.98. The Morgan fingerprint density at radius 3 is 3.00 bits per heavy atom. The van der Waals surface area contributed by atoms with E-state index in [4.69, 9.17) is 15.1 Å². The van der Waals surface area contributed by atoms with Crippen LogP contribution in [0.5, 0.6) is 0 Å². The predicted molar refractivity (Wildman–Crippen MR) is 115 cm³/mol. The highest BCUT2D eigenvalue weighted by atomic mass is 19.1. The molecule has 0 saturated carbocycles. The summed E-state index contributed by atoms with van der Waals surface area (Å²) in [5.41, 5.74) is 1.14. The van der Waals surface area contributed by atoms with Gasteiger partial charge in [-0.15, -0.1) is 10.2 Å². The van der Waals surface area contributed by atoms with Crippen molar-refractivity contribution in [1.82, 2.24) is 25.0 Å². The van der Waals surface area contributed by atoms with Crippen molar-refractivity contribution in [2.24, 2.45) is 4.99 Å². The Kier molecular flexibility index (Phi) is 5.30. The number of aromatic nitrogens is 3. The Bertz CT molecular complexity index is 1170. The third-order valence-electron chi connectivity index (χ3n) is 5.99. The Balaban J connectivity index is 1.53. The molecule has 0 aliphatic carbocycles. The van der Waals surface area contributed by atoms with Crippen molar-refractivity contribution >= 4 is 17.6 Å². The monoisotopic (exact) mass is 439 g/mol. The molecule has 166 valence electrons. The van der Waals surface area contributed by atoms with Gasteiger partial charge < -0.3 is 24.9 Å². The summed E-state index contributed by atoms with van der Waals surface area (Å²) in [7, 11) is 0. The SMILES string of the molecule is Cc1cc(F)cc([C@H]2CCCN2C2=N/C(=C(/C=N)c3nnc4n3CCOC4)NC=C2)c1F. The Hall–Kier alpha value is -3.40. The number of benzene rings is 1. The highest BCUT2D eigenvalue weighted by molar-refractivity contribution is 6.09. The third kappa shape index (κ3) is 3.50. The first-order valence-electron chi connectivity index (χ1n) is 10.6. The zero-order valence-electron chi connectivity index (χ0n) is 17.6. The van der Waals surface area contributed by atoms with Gasteiger partial charge >= 0.3 is 0 Å². The molecule has 1 aromatic heterocycles. The lowest BCUT2D eigenvalue weighted by atomic mass is 10.0. The molecule has 0 spiro atoms. The smallest absolute Gasteiger partial charge is 0.169 e. The maximum absolute atomic E-state index is 14.8. The maximum Gasteiger partial charge on any atom is 0.169 e. The van der Waals surface area contributed by atoms with E-state index in [0.29, 0.717) is 72.7 Å². The molecular formula is C22H23F2N7O. The molecular weight excluding hydrogens is 416 g/mol. The van der Waals surface area contributed by atoms with Gasteiger partial charge in [0, 0.05) is 31.1 Å². The largest absolute Gasteiger partial charge is 0.372 e. The number of fused-ring (bicyclic) bond motifs is 1. The average molecular weight is 439 g/mol. The van der Waals surface area contributed by atoms with Crippen molar-refractivity contribution in [3.05, 3.63) is 64.6 Å². The highest BCUT2D eigenvalue weighted by Gasteiger charge is 2.32. The van der Waals surface area contributed by atoms with Crippen LogP contribution in [0.25, 0.3) is 5.57 Å². The molecule has 3 aliphatic rings. The Labute approximate surface area is 183 Å². The molecule has 1 atom stereocenters. The van der Waals surface area contributed by atoms with Crippen molar-refractivity contribution in [3.63, 3.8) is 0 Å². The summed E-state index contributed by atoms with van der Waals surface area (Å²) in [5, 5.41) is 19.5. The molecule has 0 radical (unpaired) electrons. The van der Waals surface area contributed by atoms with E-state index in [0.717, 1.165) is 6.42 Å². The minimum atomic E-state index is -0.444. The van der Waals surface area contributed by atoms with Crippen LogP contribution in [-0.4, -0.2) is 44.9 Å². The summed E-state index contributed by atoms with van der Waals surface area (Å²) in [6, 6.07) is 2.18. The molecule has 0 unspecified atom stereocenters. The number of hydrogen-bond acceptors (Lipinski definition) is 7. The van der Waals surface area contributed by atoms with Crippen LogP contribution >= 0.6 is 0 Å². The lowest BCUT2D eigenvalue weighted by Crippen LogP contribution is -2.32. The van der Waals surface area contributed by atoms with E-state index in [-0.39, 0.29) is 11.9 Å². The van der Waals surface area contributed by atoms with Crippen LogP contribution in [-0.2, 0) is 17.9 Å². The van der Waals surface area contributed by atoms with Crippen LogP contribution in [0.4, 0.5) is 8.78 Å². The molecule has 1 saturated heterocycles. The summed E-state index contributed by atoms with van der Waals surface area (Å²) in [5.74, 6) is 1.52. The molecule has 2 aromatic rings. The zero-order chi connectivity index (χ0) is 22.2. The molecule has 5 rings (SSSR count). The summed E-state index contributed by atoms with van der Waals surface area (Å²) < 4.78 is 36.2. The molecule has 1 aromatic carbocycles. The Morgan fingerprint density at radius 2 is 2.16 bits per heavy atom. The van der Waals surface area contributed by atoms with Crippen LogP contribution in [0, 0.1) is 24.0 Å². The second kappa shape index (κ2) is 8.27. The molecule has 0 amide bonds. The Morgan fingerprint density at radius 1 is 1.28 bits per heavy atom. The van der Waals surface area contributed by atoms with Gasteiger partial charge in [-0.3, -0.25) is 0 Å². The van der Waals surface area contributed by atoms with Crippen LogP contribution < -0.4 is 5.32 Å². The van der Waals surface area contributed by atoms with E-state index in [1.807, 2.05) is 9.47 Å². The summed E-state index contributed by atoms with van der Waals surface area (Å²) in [6.45, 7) is 3.78. The highest BCUT2D eigenvalue weighted by Crippen LogP contribution is 2.36. The van der Waals surface area contributed by atoms with Gasteiger partial charge in [-0.25, -0.2) is 13.8 Å². The molecule has 32 heavy (non-hydrogen) atoms. The van der Waals surface area contributed by atoms with Gasteiger partial charge in [0.25, 0.3) is 0 Å². The summed E-state index contributed by atoms with van der Waals surface area (Å²) in [4.78, 5) is 6.72. The minimum Gasteiger partial charge on any atom is -0.372 e. The van der Waals surface area contributed by atoms with Crippen LogP contribution in [0.15, 0.2) is 35.2 Å². The minimum absolute atomic E-state index is 0.293. The summed E-state index contributed by atoms with van der Waals surface area (Å²) in [6.07, 6.45) is 6.29. The first kappa shape index (κ1) is 20.5. The third-order valence-corrected chi connectivity index (χ3v) is 5.99. The number of likely N-dealkylation sites (tertiary alicyclic amines) is 1. The van der Waals surface area contributed by atoms with Crippen molar-refractivity contribution in [1.29, 1.82) is 5.41 Å². The molecule has 1 fully saturated rings. The number of aryl methyl sites for hydroxylation is 1. The van der Waals surface area contributed by atoms with Gasteiger partial charge in [-0.1, -0.05) is 0 Å². The molecule has 8 nitrogen and oxygen atoms in total. The van der Waals surface area contributed by atoms with Crippen LogP contribution in [0.3, 0.4) is 0 Å². The van der Waals surface area contributed by atoms with Crippen LogP contribution in [0.2, 0.25) is 0 Å². The van der Waals surface area contributed by atoms with Crippen molar-refractivity contribution in [2.45, 2.75) is 39.0 Å². The fourth-order valence-electron chi connectivity index (χ4n) is 4.47. The number of nitrogens with zero attached hydrogens (tertiary/aromatic N) is 5. The van der Waals surface area contributed by atoms with Gasteiger partial charge in [0.05, 0.1) is 18.2 Å². The van der Waals surface area contributed by atoms with E-state index < -0.39 is 5.82 Å². The summed E-state index contributed by atoms with van der Waals surface area (Å²) >= 11 is 0. The van der Waals surface area contributed by atoms with Gasteiger partial charge in [-0.2, -0.15) is 0 Å². The molecule has 10 heteroatoms. The number of aliphatic imine (C=N–C) groups is 1. The van der Waals surface area contributed by atoms with Crippen molar-refractivity contribution in [2.75, 3.05) is 13.2 Å². The predicted octanol–water partition coefficient (Wildman–Crippen LogP) is 3.07. The zero-order valence-corrected chi connectivity index (χ0v) is 17.6. The molecule has 2 N–H and O–H groups in total. The van der Waals surface area contributed by atoms with Crippen LogP contribution in [0.1, 0.15) is 41.7 Å². The van der Waals surface area contributed by atoms with Crippen molar-refractivity contribution in [3.8, 4) is 0 Å². The molecule has 4 heterocycles. The van der Waals surface area contributed by atoms with E-state index in [9.17, 15) is 8.78 Å². The van der Waals surface area contributed by atoms with Gasteiger partial charge in [-0.05, 0) is 43.5 Å². The van der Waals surface area contributed by atoms with E-state index in [1.165, 1.54) is 18.3 Å². The molecule has 0 bridgehead atoms. The number of allylic oxidation sites excluding steroid dienone is 1. The maximum atomic E-state index is 14.8. The average Bonchev–Trinajstić information content (AvgIpc) is 3.45. The first-order valence-corrected chi connectivity index (χ1v) is 10.6. The number of halogens is 2. The van der Waals surface area contributed by atoms with Gasteiger partial charge in [0.1, 0.15) is 29.9 Å². The second-order valence-corrected chi connectivity index (χ2v) is 7.98. The normalized spacial score (nSPS) is 21.8. The standard InChI is InChI=1S/C22H23F2N7O/c1-13-9-14(23)10-15(20(13)24)17-3-2-6-30(17)18-4-5-26-21(27-18)16(11-25)22-29-28-19-12-32-8-7-31(19)22/h4-5,9-11,17,25-26H,2-3,6-8,12H2,1H3/b21-16-,25-11?/t17-/m1/s1.